The van der Waals surface area contributed by atoms with Crippen molar-refractivity contribution in [2.45, 2.75) is 36.9 Å². The van der Waals surface area contributed by atoms with Gasteiger partial charge in [0.15, 0.2) is 0 Å². The summed E-state index contributed by atoms with van der Waals surface area (Å²) < 4.78 is 59.8. The van der Waals surface area contributed by atoms with Crippen LogP contribution in [0.15, 0.2) is 47.4 Å². The molecule has 1 unspecified atom stereocenters. The smallest absolute Gasteiger partial charge is 0.240 e. The molecule has 2 aromatic rings. The van der Waals surface area contributed by atoms with Crippen LogP contribution in [0.3, 0.4) is 0 Å². The Labute approximate surface area is 157 Å². The Balaban J connectivity index is 1.53. The minimum absolute atomic E-state index is 0.0185. The zero-order valence-electron chi connectivity index (χ0n) is 14.8. The van der Waals surface area contributed by atoms with Gasteiger partial charge in [0.1, 0.15) is 11.6 Å². The monoisotopic (exact) mass is 396 g/mol. The Morgan fingerprint density at radius 2 is 1.74 bits per heavy atom. The maximum atomic E-state index is 13.6. The van der Waals surface area contributed by atoms with E-state index in [9.17, 15) is 17.2 Å². The molecule has 0 spiro atoms. The summed E-state index contributed by atoms with van der Waals surface area (Å²) in [4.78, 5) is 0.171. The van der Waals surface area contributed by atoms with Gasteiger partial charge >= 0.3 is 0 Å². The Hall–Kier alpha value is -1.87. The average molecular weight is 396 g/mol. The molecule has 1 aliphatic heterocycles. The van der Waals surface area contributed by atoms with E-state index in [2.05, 4.69) is 10.0 Å². The summed E-state index contributed by atoms with van der Waals surface area (Å²) >= 11 is 0. The number of hydrogen-bond acceptors (Lipinski definition) is 4. The molecular weight excluding hydrogens is 374 g/mol. The van der Waals surface area contributed by atoms with Gasteiger partial charge in [0.05, 0.1) is 11.0 Å². The number of sulfonamides is 1. The van der Waals surface area contributed by atoms with E-state index in [1.165, 1.54) is 30.3 Å². The Kier molecular flexibility index (Phi) is 6.54. The van der Waals surface area contributed by atoms with Crippen LogP contribution in [0.5, 0.6) is 0 Å². The van der Waals surface area contributed by atoms with Crippen molar-refractivity contribution in [3.05, 3.63) is 65.2 Å². The lowest BCUT2D eigenvalue weighted by Gasteiger charge is -2.12. The molecule has 5 nitrogen and oxygen atoms in total. The molecule has 8 heteroatoms. The first-order valence-corrected chi connectivity index (χ1v) is 10.3. The van der Waals surface area contributed by atoms with E-state index in [-0.39, 0.29) is 29.7 Å². The van der Waals surface area contributed by atoms with Crippen LogP contribution in [0.2, 0.25) is 0 Å². The topological polar surface area (TPSA) is 67.4 Å². The molecule has 1 saturated heterocycles. The maximum Gasteiger partial charge on any atom is 0.240 e. The first-order valence-electron chi connectivity index (χ1n) is 8.79. The predicted molar refractivity (Wildman–Crippen MR) is 97.5 cm³/mol. The molecule has 0 aliphatic carbocycles. The zero-order valence-corrected chi connectivity index (χ0v) is 15.6. The third-order valence-corrected chi connectivity index (χ3v) is 5.89. The predicted octanol–water partition coefficient (Wildman–Crippen LogP) is 2.71. The molecule has 0 radical (unpaired) electrons. The van der Waals surface area contributed by atoms with E-state index < -0.39 is 21.7 Å². The number of nitrogens with one attached hydrogen (secondary N) is 2. The fraction of sp³-hybridized carbons (Fsp3) is 0.368. The summed E-state index contributed by atoms with van der Waals surface area (Å²) in [6, 6.07) is 10.1. The summed E-state index contributed by atoms with van der Waals surface area (Å²) in [6.45, 7) is 1.34. The van der Waals surface area contributed by atoms with Crippen LogP contribution in [0.1, 0.15) is 24.0 Å². The van der Waals surface area contributed by atoms with Crippen molar-refractivity contribution in [3.63, 3.8) is 0 Å². The van der Waals surface area contributed by atoms with Gasteiger partial charge in [-0.3, -0.25) is 0 Å². The number of ether oxygens (including phenoxy) is 1. The van der Waals surface area contributed by atoms with Gasteiger partial charge in [0.2, 0.25) is 10.0 Å². The molecule has 146 valence electrons. The summed E-state index contributed by atoms with van der Waals surface area (Å²) in [6.07, 6.45) is 1.74. The van der Waals surface area contributed by atoms with Crippen molar-refractivity contribution in [1.82, 2.24) is 10.0 Å². The number of rotatable bonds is 8. The standard InChI is InChI=1S/C19H22F2N2O3S/c20-18-4-1-5-19(21)17(18)13-22-11-14-6-8-16(9-7-14)27(24,25)23-12-15-3-2-10-26-15/h1,4-9,15,22-23H,2-3,10-13H2. The van der Waals surface area contributed by atoms with Crippen LogP contribution in [0.4, 0.5) is 8.78 Å². The highest BCUT2D eigenvalue weighted by Gasteiger charge is 2.20. The lowest BCUT2D eigenvalue weighted by Crippen LogP contribution is -2.31. The average Bonchev–Trinajstić information content (AvgIpc) is 3.17. The normalized spacial score (nSPS) is 17.3. The molecule has 2 aromatic carbocycles. The maximum absolute atomic E-state index is 13.6. The molecule has 1 aliphatic rings. The van der Waals surface area contributed by atoms with Crippen LogP contribution in [0, 0.1) is 11.6 Å². The number of halogens is 2. The fourth-order valence-electron chi connectivity index (χ4n) is 2.91. The molecular formula is C19H22F2N2O3S. The van der Waals surface area contributed by atoms with Gasteiger partial charge in [-0.05, 0) is 42.7 Å². The molecule has 27 heavy (non-hydrogen) atoms. The molecule has 0 amide bonds. The second-order valence-electron chi connectivity index (χ2n) is 6.43. The van der Waals surface area contributed by atoms with Crippen LogP contribution in [-0.4, -0.2) is 27.7 Å². The van der Waals surface area contributed by atoms with Gasteiger partial charge in [-0.15, -0.1) is 0 Å². The van der Waals surface area contributed by atoms with Gasteiger partial charge < -0.3 is 10.1 Å². The van der Waals surface area contributed by atoms with Crippen molar-refractivity contribution in [3.8, 4) is 0 Å². The quantitative estimate of drug-likeness (QED) is 0.720. The summed E-state index contributed by atoms with van der Waals surface area (Å²) in [5, 5.41) is 2.96. The summed E-state index contributed by atoms with van der Waals surface area (Å²) in [7, 11) is -3.59. The minimum Gasteiger partial charge on any atom is -0.377 e. The van der Waals surface area contributed by atoms with Crippen LogP contribution < -0.4 is 10.0 Å². The fourth-order valence-corrected chi connectivity index (χ4v) is 3.98. The van der Waals surface area contributed by atoms with Crippen LogP contribution >= 0.6 is 0 Å². The molecule has 1 heterocycles. The lowest BCUT2D eigenvalue weighted by atomic mass is 10.2. The third kappa shape index (κ3) is 5.32. The minimum atomic E-state index is -3.59. The van der Waals surface area contributed by atoms with E-state index in [0.29, 0.717) is 13.2 Å². The molecule has 3 rings (SSSR count). The van der Waals surface area contributed by atoms with E-state index in [1.54, 1.807) is 12.1 Å². The van der Waals surface area contributed by atoms with Crippen molar-refractivity contribution >= 4 is 10.0 Å². The molecule has 1 fully saturated rings. The van der Waals surface area contributed by atoms with Gasteiger partial charge in [-0.2, -0.15) is 0 Å². The largest absolute Gasteiger partial charge is 0.377 e. The second kappa shape index (κ2) is 8.88. The highest BCUT2D eigenvalue weighted by molar-refractivity contribution is 7.89. The van der Waals surface area contributed by atoms with Crippen molar-refractivity contribution in [2.24, 2.45) is 0 Å². The second-order valence-corrected chi connectivity index (χ2v) is 8.20. The first kappa shape index (κ1) is 19.9. The number of hydrogen-bond donors (Lipinski definition) is 2. The Morgan fingerprint density at radius 1 is 1.04 bits per heavy atom. The van der Waals surface area contributed by atoms with E-state index in [1.807, 2.05) is 0 Å². The highest BCUT2D eigenvalue weighted by Crippen LogP contribution is 2.15. The summed E-state index contributed by atoms with van der Waals surface area (Å²) in [5.74, 6) is -1.19. The molecule has 0 aromatic heterocycles. The Bertz CT molecular complexity index is 847. The summed E-state index contributed by atoms with van der Waals surface area (Å²) in [5.41, 5.74) is 0.792. The van der Waals surface area contributed by atoms with E-state index in [0.717, 1.165) is 18.4 Å². The first-order chi connectivity index (χ1) is 13.0. The molecule has 1 atom stereocenters. The van der Waals surface area contributed by atoms with Crippen molar-refractivity contribution in [1.29, 1.82) is 0 Å². The SMILES string of the molecule is O=S(=O)(NCC1CCCO1)c1ccc(CNCc2c(F)cccc2F)cc1. The van der Waals surface area contributed by atoms with Gasteiger partial charge in [0, 0.05) is 31.8 Å². The Morgan fingerprint density at radius 3 is 2.37 bits per heavy atom. The van der Waals surface area contributed by atoms with Crippen LogP contribution in [-0.2, 0) is 27.8 Å². The number of benzene rings is 2. The van der Waals surface area contributed by atoms with Crippen molar-refractivity contribution < 1.29 is 21.9 Å². The van der Waals surface area contributed by atoms with Gasteiger partial charge in [0.25, 0.3) is 0 Å². The zero-order chi connectivity index (χ0) is 19.3. The van der Waals surface area contributed by atoms with E-state index in [4.69, 9.17) is 4.74 Å². The lowest BCUT2D eigenvalue weighted by molar-refractivity contribution is 0.114. The van der Waals surface area contributed by atoms with Crippen LogP contribution in [0.25, 0.3) is 0 Å². The van der Waals surface area contributed by atoms with E-state index >= 15 is 0 Å². The van der Waals surface area contributed by atoms with Gasteiger partial charge in [-0.25, -0.2) is 21.9 Å². The molecule has 0 saturated carbocycles. The van der Waals surface area contributed by atoms with Gasteiger partial charge in [-0.1, -0.05) is 18.2 Å². The van der Waals surface area contributed by atoms with Crippen molar-refractivity contribution in [2.75, 3.05) is 13.2 Å². The molecule has 0 bridgehead atoms. The highest BCUT2D eigenvalue weighted by atomic mass is 32.2. The third-order valence-electron chi connectivity index (χ3n) is 4.45. The molecule has 2 N–H and O–H groups in total.